The molecule has 0 saturated carbocycles. The SMILES string of the molecule is COC(=O)CCNS(=O)(=O)c1ccc(NC(=O)Cc2ccc(Cl)cc2)cc1. The first-order valence-electron chi connectivity index (χ1n) is 8.01. The molecule has 144 valence electrons. The highest BCUT2D eigenvalue weighted by Crippen LogP contribution is 2.15. The molecule has 2 aromatic carbocycles. The lowest BCUT2D eigenvalue weighted by Gasteiger charge is -2.08. The number of halogens is 1. The zero-order chi connectivity index (χ0) is 19.9. The van der Waals surface area contributed by atoms with Crippen LogP contribution < -0.4 is 10.0 Å². The average molecular weight is 411 g/mol. The Balaban J connectivity index is 1.92. The van der Waals surface area contributed by atoms with Gasteiger partial charge < -0.3 is 10.1 Å². The Hall–Kier alpha value is -2.42. The molecule has 1 amide bonds. The second-order valence-electron chi connectivity index (χ2n) is 5.60. The van der Waals surface area contributed by atoms with Crippen LogP contribution in [0.15, 0.2) is 53.4 Å². The summed E-state index contributed by atoms with van der Waals surface area (Å²) in [5.41, 5.74) is 1.29. The fraction of sp³-hybridized carbons (Fsp3) is 0.222. The number of amides is 1. The summed E-state index contributed by atoms with van der Waals surface area (Å²) in [6.45, 7) is -0.0609. The predicted octanol–water partition coefficient (Wildman–Crippen LogP) is 2.36. The van der Waals surface area contributed by atoms with Gasteiger partial charge in [-0.1, -0.05) is 23.7 Å². The summed E-state index contributed by atoms with van der Waals surface area (Å²) in [6, 6.07) is 12.7. The smallest absolute Gasteiger partial charge is 0.306 e. The number of hydrogen-bond donors (Lipinski definition) is 2. The molecule has 2 aromatic rings. The summed E-state index contributed by atoms with van der Waals surface area (Å²) in [7, 11) is -2.51. The van der Waals surface area contributed by atoms with Crippen molar-refractivity contribution in [1.82, 2.24) is 4.72 Å². The zero-order valence-electron chi connectivity index (χ0n) is 14.6. The van der Waals surface area contributed by atoms with Crippen LogP contribution in [-0.2, 0) is 30.8 Å². The molecular formula is C18H19ClN2O5S. The molecular weight excluding hydrogens is 392 g/mol. The summed E-state index contributed by atoms with van der Waals surface area (Å²) in [5.74, 6) is -0.736. The third kappa shape index (κ3) is 6.67. The number of ether oxygens (including phenoxy) is 1. The topological polar surface area (TPSA) is 102 Å². The van der Waals surface area contributed by atoms with Crippen LogP contribution in [0.5, 0.6) is 0 Å². The van der Waals surface area contributed by atoms with E-state index in [0.29, 0.717) is 10.7 Å². The van der Waals surface area contributed by atoms with E-state index in [-0.39, 0.29) is 30.2 Å². The molecule has 0 aromatic heterocycles. The third-order valence-electron chi connectivity index (χ3n) is 3.58. The van der Waals surface area contributed by atoms with Gasteiger partial charge in [-0.3, -0.25) is 9.59 Å². The highest BCUT2D eigenvalue weighted by molar-refractivity contribution is 7.89. The minimum Gasteiger partial charge on any atom is -0.469 e. The minimum atomic E-state index is -3.75. The Morgan fingerprint density at radius 3 is 2.26 bits per heavy atom. The second kappa shape index (κ2) is 9.50. The lowest BCUT2D eigenvalue weighted by atomic mass is 10.1. The van der Waals surface area contributed by atoms with E-state index < -0.39 is 16.0 Å². The Kier molecular flexibility index (Phi) is 7.35. The van der Waals surface area contributed by atoms with E-state index >= 15 is 0 Å². The van der Waals surface area contributed by atoms with Gasteiger partial charge in [-0.2, -0.15) is 0 Å². The molecule has 2 rings (SSSR count). The Labute approximate surface area is 162 Å². The van der Waals surface area contributed by atoms with E-state index in [1.165, 1.54) is 31.4 Å². The highest BCUT2D eigenvalue weighted by atomic mass is 35.5. The summed E-state index contributed by atoms with van der Waals surface area (Å²) < 4.78 is 31.0. The van der Waals surface area contributed by atoms with Crippen molar-refractivity contribution in [3.8, 4) is 0 Å². The van der Waals surface area contributed by atoms with Crippen LogP contribution in [0.4, 0.5) is 5.69 Å². The molecule has 0 radical (unpaired) electrons. The molecule has 0 unspecified atom stereocenters. The largest absolute Gasteiger partial charge is 0.469 e. The number of hydrogen-bond acceptors (Lipinski definition) is 5. The Morgan fingerprint density at radius 1 is 1.04 bits per heavy atom. The van der Waals surface area contributed by atoms with Crippen LogP contribution >= 0.6 is 11.6 Å². The van der Waals surface area contributed by atoms with Crippen molar-refractivity contribution in [2.24, 2.45) is 0 Å². The molecule has 27 heavy (non-hydrogen) atoms. The van der Waals surface area contributed by atoms with Crippen molar-refractivity contribution in [2.75, 3.05) is 19.0 Å². The first kappa shape index (κ1) is 20.9. The first-order chi connectivity index (χ1) is 12.8. The maximum atomic E-state index is 12.1. The number of esters is 1. The highest BCUT2D eigenvalue weighted by Gasteiger charge is 2.14. The van der Waals surface area contributed by atoms with Crippen LogP contribution in [0.3, 0.4) is 0 Å². The van der Waals surface area contributed by atoms with E-state index in [1.54, 1.807) is 24.3 Å². The van der Waals surface area contributed by atoms with Crippen LogP contribution in [-0.4, -0.2) is 33.9 Å². The third-order valence-corrected chi connectivity index (χ3v) is 5.30. The molecule has 0 saturated heterocycles. The van der Waals surface area contributed by atoms with Gasteiger partial charge in [0.05, 0.1) is 24.8 Å². The second-order valence-corrected chi connectivity index (χ2v) is 7.80. The van der Waals surface area contributed by atoms with Crippen molar-refractivity contribution in [1.29, 1.82) is 0 Å². The van der Waals surface area contributed by atoms with Crippen molar-refractivity contribution in [3.05, 3.63) is 59.1 Å². The lowest BCUT2D eigenvalue weighted by Crippen LogP contribution is -2.26. The monoisotopic (exact) mass is 410 g/mol. The maximum absolute atomic E-state index is 12.1. The molecule has 0 aliphatic rings. The van der Waals surface area contributed by atoms with Gasteiger partial charge in [0.25, 0.3) is 0 Å². The number of anilines is 1. The van der Waals surface area contributed by atoms with Gasteiger partial charge in [0.1, 0.15) is 0 Å². The molecule has 0 fully saturated rings. The Morgan fingerprint density at radius 2 is 1.67 bits per heavy atom. The van der Waals surface area contributed by atoms with Gasteiger partial charge in [-0.15, -0.1) is 0 Å². The van der Waals surface area contributed by atoms with Gasteiger partial charge in [-0.05, 0) is 42.0 Å². The molecule has 0 atom stereocenters. The summed E-state index contributed by atoms with van der Waals surface area (Å²) in [5, 5.41) is 3.29. The van der Waals surface area contributed by atoms with E-state index in [0.717, 1.165) is 5.56 Å². The molecule has 0 spiro atoms. The molecule has 7 nitrogen and oxygen atoms in total. The van der Waals surface area contributed by atoms with Crippen molar-refractivity contribution < 1.29 is 22.7 Å². The Bertz CT molecular complexity index is 896. The van der Waals surface area contributed by atoms with Crippen molar-refractivity contribution in [3.63, 3.8) is 0 Å². The number of carbonyl (C=O) groups is 2. The van der Waals surface area contributed by atoms with Gasteiger partial charge in [-0.25, -0.2) is 13.1 Å². The fourth-order valence-corrected chi connectivity index (χ4v) is 3.34. The summed E-state index contributed by atoms with van der Waals surface area (Å²) >= 11 is 5.81. The molecule has 0 aliphatic heterocycles. The zero-order valence-corrected chi connectivity index (χ0v) is 16.1. The van der Waals surface area contributed by atoms with Gasteiger partial charge in [0.15, 0.2) is 0 Å². The van der Waals surface area contributed by atoms with E-state index in [9.17, 15) is 18.0 Å². The quantitative estimate of drug-likeness (QED) is 0.650. The van der Waals surface area contributed by atoms with Crippen LogP contribution in [0.25, 0.3) is 0 Å². The first-order valence-corrected chi connectivity index (χ1v) is 9.87. The van der Waals surface area contributed by atoms with Crippen LogP contribution in [0.1, 0.15) is 12.0 Å². The predicted molar refractivity (Wildman–Crippen MR) is 102 cm³/mol. The van der Waals surface area contributed by atoms with E-state index in [1.807, 2.05) is 0 Å². The number of sulfonamides is 1. The lowest BCUT2D eigenvalue weighted by molar-refractivity contribution is -0.140. The molecule has 0 aliphatic carbocycles. The fourth-order valence-electron chi connectivity index (χ4n) is 2.18. The molecule has 0 heterocycles. The number of rotatable bonds is 8. The van der Waals surface area contributed by atoms with E-state index in [4.69, 9.17) is 11.6 Å². The van der Waals surface area contributed by atoms with Crippen molar-refractivity contribution >= 4 is 39.2 Å². The van der Waals surface area contributed by atoms with Crippen LogP contribution in [0, 0.1) is 0 Å². The summed E-state index contributed by atoms with van der Waals surface area (Å²) in [6.07, 6.45) is 0.112. The maximum Gasteiger partial charge on any atom is 0.306 e. The molecule has 9 heteroatoms. The standard InChI is InChI=1S/C18H19ClN2O5S/c1-26-18(23)10-11-20-27(24,25)16-8-6-15(7-9-16)21-17(22)12-13-2-4-14(19)5-3-13/h2-9,20H,10-12H2,1H3,(H,21,22). The molecule has 0 bridgehead atoms. The van der Waals surface area contributed by atoms with Crippen LogP contribution in [0.2, 0.25) is 5.02 Å². The van der Waals surface area contributed by atoms with Crippen molar-refractivity contribution in [2.45, 2.75) is 17.7 Å². The van der Waals surface area contributed by atoms with E-state index in [2.05, 4.69) is 14.8 Å². The summed E-state index contributed by atoms with van der Waals surface area (Å²) in [4.78, 5) is 23.1. The average Bonchev–Trinajstić information content (AvgIpc) is 2.63. The number of methoxy groups -OCH3 is 1. The minimum absolute atomic E-state index is 0.0306. The molecule has 2 N–H and O–H groups in total. The van der Waals surface area contributed by atoms with Gasteiger partial charge in [0.2, 0.25) is 15.9 Å². The van der Waals surface area contributed by atoms with Gasteiger partial charge >= 0.3 is 5.97 Å². The number of nitrogens with one attached hydrogen (secondary N) is 2. The normalized spacial score (nSPS) is 11.0. The number of carbonyl (C=O) groups excluding carboxylic acids is 2. The number of benzene rings is 2. The van der Waals surface area contributed by atoms with Gasteiger partial charge in [0, 0.05) is 17.3 Å².